The molecule has 6 heteroatoms. The second-order valence-electron chi connectivity index (χ2n) is 5.91. The number of carboxylic acid groups (broad SMARTS) is 1. The van der Waals surface area contributed by atoms with Crippen LogP contribution in [0.25, 0.3) is 0 Å². The minimum Gasteiger partial charge on any atom is -0.481 e. The molecule has 110 valence electrons. The number of carbonyl (C=O) groups excluding carboxylic acids is 1. The molecule has 1 heterocycles. The number of carbonyl (C=O) groups is 2. The van der Waals surface area contributed by atoms with Crippen LogP contribution in [-0.2, 0) is 9.53 Å². The number of nitrogens with zero attached hydrogens (tertiary/aromatic N) is 1. The van der Waals surface area contributed by atoms with Crippen LogP contribution < -0.4 is 5.32 Å². The third-order valence-electron chi connectivity index (χ3n) is 3.40. The average molecular weight is 272 g/mol. The molecule has 1 saturated heterocycles. The van der Waals surface area contributed by atoms with Gasteiger partial charge in [0.15, 0.2) is 0 Å². The van der Waals surface area contributed by atoms with E-state index in [4.69, 9.17) is 9.84 Å². The molecule has 0 radical (unpaired) electrons. The van der Waals surface area contributed by atoms with E-state index in [1.807, 2.05) is 27.7 Å². The van der Waals surface area contributed by atoms with E-state index in [1.165, 1.54) is 0 Å². The van der Waals surface area contributed by atoms with Crippen LogP contribution in [0.3, 0.4) is 0 Å². The Morgan fingerprint density at radius 1 is 1.42 bits per heavy atom. The van der Waals surface area contributed by atoms with Crippen molar-refractivity contribution < 1.29 is 19.4 Å². The molecular formula is C13H24N2O4. The number of urea groups is 1. The Balaban J connectivity index is 2.68. The number of morpholine rings is 1. The van der Waals surface area contributed by atoms with E-state index >= 15 is 0 Å². The van der Waals surface area contributed by atoms with Crippen LogP contribution in [0.15, 0.2) is 0 Å². The van der Waals surface area contributed by atoms with E-state index < -0.39 is 5.97 Å². The summed E-state index contributed by atoms with van der Waals surface area (Å²) in [4.78, 5) is 24.8. The Bertz CT molecular complexity index is 342. The highest BCUT2D eigenvalue weighted by molar-refractivity contribution is 5.76. The molecule has 0 bridgehead atoms. The molecule has 1 atom stereocenters. The van der Waals surface area contributed by atoms with Gasteiger partial charge in [0.25, 0.3) is 0 Å². The molecule has 1 fully saturated rings. The molecule has 0 saturated carbocycles. The largest absolute Gasteiger partial charge is 0.481 e. The van der Waals surface area contributed by atoms with E-state index in [0.29, 0.717) is 19.8 Å². The molecule has 19 heavy (non-hydrogen) atoms. The highest BCUT2D eigenvalue weighted by atomic mass is 16.5. The predicted molar refractivity (Wildman–Crippen MR) is 71.0 cm³/mol. The fourth-order valence-electron chi connectivity index (χ4n) is 2.11. The van der Waals surface area contributed by atoms with Gasteiger partial charge in [0.2, 0.25) is 0 Å². The minimum atomic E-state index is -0.903. The summed E-state index contributed by atoms with van der Waals surface area (Å²) in [6.07, 6.45) is -0.0613. The van der Waals surface area contributed by atoms with Crippen LogP contribution in [0.2, 0.25) is 0 Å². The fraction of sp³-hybridized carbons (Fsp3) is 0.846. The Labute approximate surface area is 114 Å². The number of amides is 2. The summed E-state index contributed by atoms with van der Waals surface area (Å²) < 4.78 is 5.37. The number of nitrogens with one attached hydrogen (secondary N) is 1. The van der Waals surface area contributed by atoms with Gasteiger partial charge in [-0.3, -0.25) is 4.79 Å². The Hall–Kier alpha value is -1.30. The molecule has 0 aliphatic carbocycles. The molecule has 0 aromatic heterocycles. The van der Waals surface area contributed by atoms with Gasteiger partial charge < -0.3 is 20.1 Å². The molecule has 1 aliphatic heterocycles. The Kier molecular flexibility index (Phi) is 5.17. The smallest absolute Gasteiger partial charge is 0.318 e. The molecule has 0 aromatic rings. The SMILES string of the molecule is CC(C)C(CC(=O)O)NC(=O)N1CCOCC1(C)C. The summed E-state index contributed by atoms with van der Waals surface area (Å²) in [5.41, 5.74) is -0.368. The molecule has 2 amide bonds. The van der Waals surface area contributed by atoms with Gasteiger partial charge in [0.05, 0.1) is 25.2 Å². The number of carboxylic acids is 1. The number of hydrogen-bond donors (Lipinski definition) is 2. The van der Waals surface area contributed by atoms with Gasteiger partial charge in [-0.2, -0.15) is 0 Å². The first-order valence-corrected chi connectivity index (χ1v) is 6.61. The van der Waals surface area contributed by atoms with Crippen molar-refractivity contribution >= 4 is 12.0 Å². The van der Waals surface area contributed by atoms with Gasteiger partial charge in [-0.15, -0.1) is 0 Å². The molecule has 2 N–H and O–H groups in total. The lowest BCUT2D eigenvalue weighted by Crippen LogP contribution is -2.60. The highest BCUT2D eigenvalue weighted by Gasteiger charge is 2.35. The van der Waals surface area contributed by atoms with Crippen molar-refractivity contribution in [2.75, 3.05) is 19.8 Å². The van der Waals surface area contributed by atoms with Crippen molar-refractivity contribution in [3.63, 3.8) is 0 Å². The lowest BCUT2D eigenvalue weighted by atomic mass is 10.0. The second-order valence-corrected chi connectivity index (χ2v) is 5.91. The first-order valence-electron chi connectivity index (χ1n) is 6.61. The van der Waals surface area contributed by atoms with Crippen LogP contribution in [0.4, 0.5) is 4.79 Å². The van der Waals surface area contributed by atoms with E-state index in [9.17, 15) is 9.59 Å². The first kappa shape index (κ1) is 15.8. The van der Waals surface area contributed by atoms with Crippen LogP contribution in [-0.4, -0.2) is 53.3 Å². The molecule has 0 spiro atoms. The average Bonchev–Trinajstić information content (AvgIpc) is 2.26. The maximum atomic E-state index is 12.3. The Morgan fingerprint density at radius 3 is 2.53 bits per heavy atom. The molecule has 1 rings (SSSR count). The summed E-state index contributed by atoms with van der Waals surface area (Å²) in [5.74, 6) is -0.829. The van der Waals surface area contributed by atoms with Crippen LogP contribution in [0.1, 0.15) is 34.1 Å². The number of rotatable bonds is 4. The van der Waals surface area contributed by atoms with Crippen LogP contribution in [0, 0.1) is 5.92 Å². The third-order valence-corrected chi connectivity index (χ3v) is 3.40. The quantitative estimate of drug-likeness (QED) is 0.808. The number of aliphatic carboxylic acids is 1. The molecule has 6 nitrogen and oxygen atoms in total. The van der Waals surface area contributed by atoms with Gasteiger partial charge in [-0.1, -0.05) is 13.8 Å². The van der Waals surface area contributed by atoms with Gasteiger partial charge in [-0.25, -0.2) is 4.79 Å². The third kappa shape index (κ3) is 4.38. The minimum absolute atomic E-state index is 0.0613. The van der Waals surface area contributed by atoms with Crippen LogP contribution in [0.5, 0.6) is 0 Å². The summed E-state index contributed by atoms with van der Waals surface area (Å²) in [6.45, 7) is 9.21. The van der Waals surface area contributed by atoms with Crippen LogP contribution >= 0.6 is 0 Å². The normalized spacial score (nSPS) is 20.2. The fourth-order valence-corrected chi connectivity index (χ4v) is 2.11. The van der Waals surface area contributed by atoms with E-state index in [-0.39, 0.29) is 30.0 Å². The summed E-state index contributed by atoms with van der Waals surface area (Å²) in [5, 5.41) is 11.7. The predicted octanol–water partition coefficient (Wildman–Crippen LogP) is 1.31. The lowest BCUT2D eigenvalue weighted by Gasteiger charge is -2.42. The van der Waals surface area contributed by atoms with Gasteiger partial charge in [0.1, 0.15) is 0 Å². The van der Waals surface area contributed by atoms with E-state index in [0.717, 1.165) is 0 Å². The number of ether oxygens (including phenoxy) is 1. The zero-order valence-corrected chi connectivity index (χ0v) is 12.1. The topological polar surface area (TPSA) is 78.9 Å². The standard InChI is InChI=1S/C13H24N2O4/c1-9(2)10(7-11(16)17)14-12(18)15-5-6-19-8-13(15,3)4/h9-10H,5-8H2,1-4H3,(H,14,18)(H,16,17). The van der Waals surface area contributed by atoms with Crippen molar-refractivity contribution in [1.29, 1.82) is 0 Å². The van der Waals surface area contributed by atoms with Gasteiger partial charge >= 0.3 is 12.0 Å². The zero-order chi connectivity index (χ0) is 14.6. The Morgan fingerprint density at radius 2 is 2.05 bits per heavy atom. The van der Waals surface area contributed by atoms with Gasteiger partial charge in [-0.05, 0) is 19.8 Å². The molecular weight excluding hydrogens is 248 g/mol. The van der Waals surface area contributed by atoms with Crippen molar-refractivity contribution in [3.8, 4) is 0 Å². The molecule has 0 aromatic carbocycles. The maximum absolute atomic E-state index is 12.3. The summed E-state index contributed by atoms with van der Waals surface area (Å²) in [7, 11) is 0. The molecule has 1 unspecified atom stereocenters. The van der Waals surface area contributed by atoms with Gasteiger partial charge in [0, 0.05) is 12.6 Å². The van der Waals surface area contributed by atoms with Crippen molar-refractivity contribution in [1.82, 2.24) is 10.2 Å². The summed E-state index contributed by atoms with van der Waals surface area (Å²) >= 11 is 0. The van der Waals surface area contributed by atoms with Crippen molar-refractivity contribution in [2.45, 2.75) is 45.7 Å². The second kappa shape index (κ2) is 6.23. The lowest BCUT2D eigenvalue weighted by molar-refractivity contribution is -0.137. The first-order chi connectivity index (χ1) is 8.74. The number of hydrogen-bond acceptors (Lipinski definition) is 3. The zero-order valence-electron chi connectivity index (χ0n) is 12.1. The maximum Gasteiger partial charge on any atom is 0.318 e. The van der Waals surface area contributed by atoms with Crippen molar-refractivity contribution in [3.05, 3.63) is 0 Å². The summed E-state index contributed by atoms with van der Waals surface area (Å²) in [6, 6.07) is -0.572. The van der Waals surface area contributed by atoms with E-state index in [2.05, 4.69) is 5.32 Å². The van der Waals surface area contributed by atoms with E-state index in [1.54, 1.807) is 4.90 Å². The monoisotopic (exact) mass is 272 g/mol. The van der Waals surface area contributed by atoms with Crippen molar-refractivity contribution in [2.24, 2.45) is 5.92 Å². The highest BCUT2D eigenvalue weighted by Crippen LogP contribution is 2.19. The molecule has 1 aliphatic rings.